The summed E-state index contributed by atoms with van der Waals surface area (Å²) in [6.07, 6.45) is 0. The maximum atomic E-state index is 13.4. The fraction of sp³-hybridized carbons (Fsp3) is 0.156. The van der Waals surface area contributed by atoms with Crippen molar-refractivity contribution in [3.63, 3.8) is 0 Å². The second-order valence-corrected chi connectivity index (χ2v) is 11.8. The summed E-state index contributed by atoms with van der Waals surface area (Å²) < 4.78 is 28.8. The molecule has 4 aromatic carbocycles. The van der Waals surface area contributed by atoms with Crippen molar-refractivity contribution >= 4 is 27.7 Å². The highest BCUT2D eigenvalue weighted by atomic mass is 32.2. The van der Waals surface area contributed by atoms with Crippen LogP contribution in [0.2, 0.25) is 0 Å². The number of benzene rings is 4. The molecule has 0 aromatic heterocycles. The fourth-order valence-corrected chi connectivity index (χ4v) is 6.95. The number of hydrogen-bond acceptors (Lipinski definition) is 5. The first kappa shape index (κ1) is 27.9. The number of hydrogen-bond donors (Lipinski definition) is 3. The molecule has 1 aliphatic carbocycles. The number of carbonyl (C=O) groups excluding carboxylic acids is 2. The lowest BCUT2D eigenvalue weighted by Crippen LogP contribution is -2.34. The van der Waals surface area contributed by atoms with Crippen LogP contribution in [-0.4, -0.2) is 31.2 Å². The summed E-state index contributed by atoms with van der Waals surface area (Å²) >= 11 is 0. The summed E-state index contributed by atoms with van der Waals surface area (Å²) in [4.78, 5) is 38.8. The van der Waals surface area contributed by atoms with E-state index in [0.717, 1.165) is 5.56 Å². The summed E-state index contributed by atoms with van der Waals surface area (Å²) in [6.45, 7) is 5.31. The second-order valence-electron chi connectivity index (χ2n) is 10.1. The third-order valence-corrected chi connectivity index (χ3v) is 8.85. The molecule has 8 nitrogen and oxygen atoms in total. The van der Waals surface area contributed by atoms with Gasteiger partial charge >= 0.3 is 5.97 Å². The van der Waals surface area contributed by atoms with Gasteiger partial charge in [-0.1, -0.05) is 78.4 Å². The van der Waals surface area contributed by atoms with Crippen molar-refractivity contribution < 1.29 is 27.9 Å². The first-order valence-electron chi connectivity index (χ1n) is 12.9. The number of carbonyl (C=O) groups is 3. The van der Waals surface area contributed by atoms with Gasteiger partial charge in [-0.3, -0.25) is 9.59 Å². The summed E-state index contributed by atoms with van der Waals surface area (Å²) in [5, 5.41) is 12.6. The molecule has 0 fully saturated rings. The number of nitrogens with one attached hydrogen (secondary N) is 2. The van der Waals surface area contributed by atoms with Crippen LogP contribution in [0.1, 0.15) is 60.1 Å². The summed E-state index contributed by atoms with van der Waals surface area (Å²) in [5.41, 5.74) is 5.19. The molecular formula is C32H28N2O6S. The molecule has 0 saturated carbocycles. The molecule has 1 unspecified atom stereocenters. The largest absolute Gasteiger partial charge is 0.479 e. The van der Waals surface area contributed by atoms with E-state index in [1.54, 1.807) is 92.7 Å². The van der Waals surface area contributed by atoms with E-state index >= 15 is 0 Å². The topological polar surface area (TPSA) is 130 Å². The van der Waals surface area contributed by atoms with Crippen molar-refractivity contribution in [1.82, 2.24) is 10.0 Å². The molecule has 0 spiro atoms. The molecule has 0 radical (unpaired) electrons. The number of fused-ring (bicyclic) bond motifs is 3. The van der Waals surface area contributed by atoms with Crippen molar-refractivity contribution in [3.05, 3.63) is 123 Å². The summed E-state index contributed by atoms with van der Waals surface area (Å²) in [5.74, 6) is -2.12. The molecule has 3 N–H and O–H groups in total. The van der Waals surface area contributed by atoms with E-state index in [-0.39, 0.29) is 28.4 Å². The van der Waals surface area contributed by atoms with Crippen molar-refractivity contribution in [1.29, 1.82) is 0 Å². The molecular weight excluding hydrogens is 540 g/mol. The van der Waals surface area contributed by atoms with Gasteiger partial charge in [0, 0.05) is 28.8 Å². The number of sulfonamides is 1. The Morgan fingerprint density at radius 2 is 1.46 bits per heavy atom. The van der Waals surface area contributed by atoms with Gasteiger partial charge < -0.3 is 10.4 Å². The highest BCUT2D eigenvalue weighted by Gasteiger charge is 2.32. The van der Waals surface area contributed by atoms with Gasteiger partial charge in [-0.05, 0) is 54.7 Å². The van der Waals surface area contributed by atoms with Gasteiger partial charge in [0.25, 0.3) is 5.91 Å². The van der Waals surface area contributed by atoms with Crippen LogP contribution in [0.15, 0.2) is 83.8 Å². The van der Waals surface area contributed by atoms with Gasteiger partial charge in [0.2, 0.25) is 10.0 Å². The molecule has 1 atom stereocenters. The van der Waals surface area contributed by atoms with Crippen molar-refractivity contribution in [2.75, 3.05) is 0 Å². The minimum Gasteiger partial charge on any atom is -0.479 e. The molecule has 0 aliphatic heterocycles. The molecule has 0 saturated heterocycles. The maximum Gasteiger partial charge on any atom is 0.330 e. The molecule has 41 heavy (non-hydrogen) atoms. The second kappa shape index (κ2) is 10.8. The lowest BCUT2D eigenvalue weighted by molar-refractivity contribution is -0.139. The molecule has 5 rings (SSSR count). The molecule has 1 aliphatic rings. The first-order chi connectivity index (χ1) is 19.5. The minimum atomic E-state index is -3.84. The summed E-state index contributed by atoms with van der Waals surface area (Å²) in [6, 6.07) is 20.4. The number of aryl methyl sites for hydroxylation is 3. The van der Waals surface area contributed by atoms with Gasteiger partial charge in [0.15, 0.2) is 11.8 Å². The first-order valence-corrected chi connectivity index (χ1v) is 14.4. The van der Waals surface area contributed by atoms with E-state index in [4.69, 9.17) is 0 Å². The van der Waals surface area contributed by atoms with Gasteiger partial charge in [0.05, 0.1) is 4.90 Å². The average molecular weight is 569 g/mol. The van der Waals surface area contributed by atoms with Crippen LogP contribution >= 0.6 is 0 Å². The van der Waals surface area contributed by atoms with Crippen LogP contribution in [0.3, 0.4) is 0 Å². The van der Waals surface area contributed by atoms with E-state index < -0.39 is 27.9 Å². The van der Waals surface area contributed by atoms with E-state index in [2.05, 4.69) is 10.0 Å². The van der Waals surface area contributed by atoms with Crippen LogP contribution in [0.4, 0.5) is 0 Å². The third-order valence-electron chi connectivity index (χ3n) is 7.14. The van der Waals surface area contributed by atoms with Crippen LogP contribution < -0.4 is 10.0 Å². The number of carboxylic acid groups (broad SMARTS) is 1. The Kier molecular flexibility index (Phi) is 7.33. The number of amides is 1. The number of aliphatic carboxylic acids is 1. The number of rotatable bonds is 8. The Labute approximate surface area is 238 Å². The predicted molar refractivity (Wildman–Crippen MR) is 154 cm³/mol. The van der Waals surface area contributed by atoms with Gasteiger partial charge in [-0.15, -0.1) is 0 Å². The van der Waals surface area contributed by atoms with Gasteiger partial charge in [-0.25, -0.2) is 17.9 Å². The van der Waals surface area contributed by atoms with Gasteiger partial charge in [0.1, 0.15) is 0 Å². The van der Waals surface area contributed by atoms with Gasteiger partial charge in [-0.2, -0.15) is 0 Å². The zero-order valence-electron chi connectivity index (χ0n) is 22.7. The molecule has 4 aromatic rings. The van der Waals surface area contributed by atoms with Crippen LogP contribution in [-0.2, 0) is 21.4 Å². The Morgan fingerprint density at radius 1 is 0.829 bits per heavy atom. The smallest absolute Gasteiger partial charge is 0.330 e. The Bertz CT molecular complexity index is 1820. The predicted octanol–water partition coefficient (Wildman–Crippen LogP) is 4.86. The zero-order chi connectivity index (χ0) is 29.5. The third kappa shape index (κ3) is 5.29. The SMILES string of the molecule is Cc1cc(C)c(S(=O)(=O)NCc2cccc(C(NC(=O)c3cccc4c3-c3ccccc3C4=O)C(=O)O)c2)c(C)c1. The monoisotopic (exact) mass is 568 g/mol. The standard InChI is InChI=1S/C32H28N2O6S/c1-18-14-19(2)30(20(3)15-18)41(39,40)33-17-21-8-6-9-22(16-21)28(32(37)38)34-31(36)26-13-7-12-25-27(26)23-10-4-5-11-24(23)29(25)35/h4-16,28,33H,17H2,1-3H3,(H,34,36)(H,37,38). The van der Waals surface area contributed by atoms with Crippen molar-refractivity contribution in [2.45, 2.75) is 38.3 Å². The molecule has 0 heterocycles. The highest BCUT2D eigenvalue weighted by Crippen LogP contribution is 2.39. The highest BCUT2D eigenvalue weighted by molar-refractivity contribution is 7.89. The molecule has 1 amide bonds. The quantitative estimate of drug-likeness (QED) is 0.245. The lowest BCUT2D eigenvalue weighted by Gasteiger charge is -2.18. The van der Waals surface area contributed by atoms with E-state index in [1.165, 1.54) is 0 Å². The maximum absolute atomic E-state index is 13.4. The van der Waals surface area contributed by atoms with E-state index in [9.17, 15) is 27.9 Å². The Balaban J connectivity index is 1.39. The Morgan fingerprint density at radius 3 is 2.15 bits per heavy atom. The van der Waals surface area contributed by atoms with Crippen LogP contribution in [0.5, 0.6) is 0 Å². The zero-order valence-corrected chi connectivity index (χ0v) is 23.5. The molecule has 208 valence electrons. The van der Waals surface area contributed by atoms with Crippen LogP contribution in [0, 0.1) is 20.8 Å². The normalized spacial score (nSPS) is 12.9. The van der Waals surface area contributed by atoms with Crippen molar-refractivity contribution in [2.24, 2.45) is 0 Å². The minimum absolute atomic E-state index is 0.0751. The average Bonchev–Trinajstić information content (AvgIpc) is 3.22. The van der Waals surface area contributed by atoms with E-state index in [0.29, 0.717) is 38.9 Å². The van der Waals surface area contributed by atoms with Crippen molar-refractivity contribution in [3.8, 4) is 11.1 Å². The fourth-order valence-electron chi connectivity index (χ4n) is 5.49. The van der Waals surface area contributed by atoms with Crippen LogP contribution in [0.25, 0.3) is 11.1 Å². The molecule has 9 heteroatoms. The summed E-state index contributed by atoms with van der Waals surface area (Å²) in [7, 11) is -3.84. The van der Waals surface area contributed by atoms with E-state index in [1.807, 2.05) is 6.92 Å². The Hall–Kier alpha value is -4.60. The molecule has 0 bridgehead atoms. The number of ketones is 1. The lowest BCUT2D eigenvalue weighted by atomic mass is 9.98. The number of carboxylic acids is 1.